The van der Waals surface area contributed by atoms with Gasteiger partial charge in [-0.25, -0.2) is 4.39 Å². The van der Waals surface area contributed by atoms with Gasteiger partial charge in [0.25, 0.3) is 0 Å². The van der Waals surface area contributed by atoms with Crippen LogP contribution in [0, 0.1) is 0 Å². The summed E-state index contributed by atoms with van der Waals surface area (Å²) in [5.41, 5.74) is 0.744. The van der Waals surface area contributed by atoms with E-state index in [1.807, 2.05) is 30.3 Å². The van der Waals surface area contributed by atoms with E-state index in [2.05, 4.69) is 26.1 Å². The van der Waals surface area contributed by atoms with Gasteiger partial charge in [-0.1, -0.05) is 23.7 Å². The molecule has 1 atom stereocenters. The van der Waals surface area contributed by atoms with Gasteiger partial charge in [0.05, 0.1) is 17.3 Å². The van der Waals surface area contributed by atoms with E-state index in [1.165, 1.54) is 13.8 Å². The van der Waals surface area contributed by atoms with Gasteiger partial charge in [0, 0.05) is 16.1 Å². The van der Waals surface area contributed by atoms with Gasteiger partial charge >= 0.3 is 0 Å². The van der Waals surface area contributed by atoms with Crippen molar-refractivity contribution >= 4 is 27.5 Å². The molecule has 1 aliphatic rings. The molecule has 0 bridgehead atoms. The minimum atomic E-state index is -1.67. The maximum atomic E-state index is 14.8. The molecule has 2 aromatic carbocycles. The molecule has 146 valence electrons. The molecule has 28 heavy (non-hydrogen) atoms. The van der Waals surface area contributed by atoms with Crippen LogP contribution in [-0.2, 0) is 17.0 Å². The average Bonchev–Trinajstić information content (AvgIpc) is 3.01. The standard InChI is InChI=1S/C20H18BrClFN3O2/c1-20(2,23)19-25-24-16-10-28-18(12-5-4-6-15(27-3)17(12)21)13-9-11(22)7-8-14(13)26(16)19/h4-9,18H,10H2,1-3H3. The molecule has 3 aromatic rings. The lowest BCUT2D eigenvalue weighted by atomic mass is 9.99. The molecule has 0 saturated heterocycles. The number of aromatic nitrogens is 3. The third kappa shape index (κ3) is 3.21. The van der Waals surface area contributed by atoms with Gasteiger partial charge in [0.15, 0.2) is 17.3 Å². The second-order valence-electron chi connectivity index (χ2n) is 7.01. The van der Waals surface area contributed by atoms with E-state index in [1.54, 1.807) is 17.7 Å². The number of ether oxygens (including phenoxy) is 2. The smallest absolute Gasteiger partial charge is 0.174 e. The minimum absolute atomic E-state index is 0.170. The van der Waals surface area contributed by atoms with Gasteiger partial charge in [-0.15, -0.1) is 10.2 Å². The molecule has 1 aromatic heterocycles. The van der Waals surface area contributed by atoms with Gasteiger partial charge in [-0.3, -0.25) is 4.57 Å². The zero-order chi connectivity index (χ0) is 20.1. The van der Waals surface area contributed by atoms with Crippen molar-refractivity contribution in [2.24, 2.45) is 0 Å². The Kier molecular flexibility index (Phi) is 4.93. The van der Waals surface area contributed by atoms with Crippen molar-refractivity contribution < 1.29 is 13.9 Å². The molecule has 1 aliphatic heterocycles. The molecular weight excluding hydrogens is 449 g/mol. The monoisotopic (exact) mass is 465 g/mol. The van der Waals surface area contributed by atoms with Crippen molar-refractivity contribution in [1.82, 2.24) is 14.8 Å². The fourth-order valence-corrected chi connectivity index (χ4v) is 4.19. The first-order valence-electron chi connectivity index (χ1n) is 8.68. The maximum absolute atomic E-state index is 14.8. The molecule has 0 N–H and O–H groups in total. The van der Waals surface area contributed by atoms with Crippen molar-refractivity contribution in [3.8, 4) is 11.4 Å². The van der Waals surface area contributed by atoms with Gasteiger partial charge in [0.2, 0.25) is 0 Å². The first kappa shape index (κ1) is 19.4. The Morgan fingerprint density at radius 2 is 2.04 bits per heavy atom. The predicted octanol–water partition coefficient (Wildman–Crippen LogP) is 5.52. The third-order valence-electron chi connectivity index (χ3n) is 4.65. The predicted molar refractivity (Wildman–Crippen MR) is 108 cm³/mol. The van der Waals surface area contributed by atoms with Crippen LogP contribution in [0.4, 0.5) is 4.39 Å². The second-order valence-corrected chi connectivity index (χ2v) is 8.23. The number of alkyl halides is 1. The lowest BCUT2D eigenvalue weighted by Crippen LogP contribution is -2.18. The molecule has 8 heteroatoms. The normalized spacial score (nSPS) is 16.3. The molecule has 0 spiro atoms. The molecule has 0 amide bonds. The van der Waals surface area contributed by atoms with Crippen LogP contribution >= 0.6 is 27.5 Å². The molecule has 0 fully saturated rings. The van der Waals surface area contributed by atoms with Gasteiger partial charge in [0.1, 0.15) is 18.5 Å². The van der Waals surface area contributed by atoms with Crippen LogP contribution in [0.5, 0.6) is 5.75 Å². The Morgan fingerprint density at radius 1 is 1.25 bits per heavy atom. The highest BCUT2D eigenvalue weighted by Gasteiger charge is 2.34. The zero-order valence-electron chi connectivity index (χ0n) is 15.5. The van der Waals surface area contributed by atoms with Gasteiger partial charge < -0.3 is 9.47 Å². The number of hydrogen-bond acceptors (Lipinski definition) is 4. The molecule has 4 rings (SSSR count). The minimum Gasteiger partial charge on any atom is -0.496 e. The van der Waals surface area contributed by atoms with Crippen LogP contribution in [0.25, 0.3) is 5.69 Å². The van der Waals surface area contributed by atoms with Crippen molar-refractivity contribution in [3.63, 3.8) is 0 Å². The van der Waals surface area contributed by atoms with Crippen LogP contribution in [0.1, 0.15) is 42.7 Å². The quantitative estimate of drug-likeness (QED) is 0.510. The Labute approximate surface area is 175 Å². The van der Waals surface area contributed by atoms with E-state index < -0.39 is 11.8 Å². The molecule has 0 aliphatic carbocycles. The maximum Gasteiger partial charge on any atom is 0.174 e. The lowest BCUT2D eigenvalue weighted by Gasteiger charge is -2.22. The first-order chi connectivity index (χ1) is 13.3. The summed E-state index contributed by atoms with van der Waals surface area (Å²) in [7, 11) is 1.61. The second kappa shape index (κ2) is 7.13. The molecular formula is C20H18BrClFN3O2. The highest BCUT2D eigenvalue weighted by atomic mass is 79.9. The number of methoxy groups -OCH3 is 1. The Balaban J connectivity index is 1.96. The summed E-state index contributed by atoms with van der Waals surface area (Å²) in [5, 5.41) is 8.80. The van der Waals surface area contributed by atoms with Crippen LogP contribution in [0.2, 0.25) is 5.02 Å². The number of fused-ring (bicyclic) bond motifs is 3. The molecule has 1 unspecified atom stereocenters. The van der Waals surface area contributed by atoms with E-state index in [0.717, 1.165) is 21.3 Å². The fraction of sp³-hybridized carbons (Fsp3) is 0.300. The van der Waals surface area contributed by atoms with Crippen molar-refractivity contribution in [1.29, 1.82) is 0 Å². The topological polar surface area (TPSA) is 49.2 Å². The van der Waals surface area contributed by atoms with Crippen LogP contribution < -0.4 is 4.74 Å². The molecule has 2 heterocycles. The highest BCUT2D eigenvalue weighted by Crippen LogP contribution is 2.42. The van der Waals surface area contributed by atoms with E-state index in [0.29, 0.717) is 16.6 Å². The van der Waals surface area contributed by atoms with E-state index >= 15 is 0 Å². The molecule has 0 saturated carbocycles. The van der Waals surface area contributed by atoms with Crippen molar-refractivity contribution in [3.05, 3.63) is 68.7 Å². The summed E-state index contributed by atoms with van der Waals surface area (Å²) in [5.74, 6) is 1.45. The largest absolute Gasteiger partial charge is 0.496 e. The van der Waals surface area contributed by atoms with Crippen LogP contribution in [-0.4, -0.2) is 21.9 Å². The number of benzene rings is 2. The summed E-state index contributed by atoms with van der Waals surface area (Å²) >= 11 is 9.92. The summed E-state index contributed by atoms with van der Waals surface area (Å²) < 4.78 is 29.0. The Bertz CT molecular complexity index is 1050. The van der Waals surface area contributed by atoms with E-state index in [-0.39, 0.29) is 12.4 Å². The van der Waals surface area contributed by atoms with Gasteiger partial charge in [-0.05, 0) is 54.0 Å². The van der Waals surface area contributed by atoms with Gasteiger partial charge in [-0.2, -0.15) is 0 Å². The van der Waals surface area contributed by atoms with Crippen molar-refractivity contribution in [2.45, 2.75) is 32.2 Å². The number of halogens is 3. The van der Waals surface area contributed by atoms with E-state index in [4.69, 9.17) is 21.1 Å². The lowest BCUT2D eigenvalue weighted by molar-refractivity contribution is 0.0648. The highest BCUT2D eigenvalue weighted by molar-refractivity contribution is 9.10. The third-order valence-corrected chi connectivity index (χ3v) is 5.73. The number of rotatable bonds is 3. The summed E-state index contributed by atoms with van der Waals surface area (Å²) in [6.07, 6.45) is -0.449. The summed E-state index contributed by atoms with van der Waals surface area (Å²) in [4.78, 5) is 0. The number of nitrogens with zero attached hydrogens (tertiary/aromatic N) is 3. The Hall–Kier alpha value is -1.96. The first-order valence-corrected chi connectivity index (χ1v) is 9.86. The SMILES string of the molecule is COc1cccc(C2OCc3nnc(C(C)(C)F)n3-c3ccc(Cl)cc32)c1Br. The molecule has 5 nitrogen and oxygen atoms in total. The summed E-state index contributed by atoms with van der Waals surface area (Å²) in [6, 6.07) is 11.2. The summed E-state index contributed by atoms with van der Waals surface area (Å²) in [6.45, 7) is 3.09. The van der Waals surface area contributed by atoms with Crippen molar-refractivity contribution in [2.75, 3.05) is 7.11 Å². The Morgan fingerprint density at radius 3 is 2.75 bits per heavy atom. The van der Waals surface area contributed by atoms with E-state index in [9.17, 15) is 4.39 Å². The van der Waals surface area contributed by atoms with Crippen LogP contribution in [0.15, 0.2) is 40.9 Å². The molecule has 0 radical (unpaired) electrons. The number of hydrogen-bond donors (Lipinski definition) is 0. The fourth-order valence-electron chi connectivity index (χ4n) is 3.38. The average molecular weight is 467 g/mol. The van der Waals surface area contributed by atoms with Crippen LogP contribution in [0.3, 0.4) is 0 Å². The zero-order valence-corrected chi connectivity index (χ0v) is 17.9.